The van der Waals surface area contributed by atoms with Gasteiger partial charge < -0.3 is 17.3 Å². The third-order valence-corrected chi connectivity index (χ3v) is 13.2. The Hall–Kier alpha value is -0.969. The number of fused-ring (bicyclic) bond motifs is 3. The summed E-state index contributed by atoms with van der Waals surface area (Å²) in [6.45, 7) is 19.8. The molecule has 3 aliphatic rings. The van der Waals surface area contributed by atoms with Crippen LogP contribution in [0.4, 0.5) is 22.7 Å². The molecule has 0 bridgehead atoms. The van der Waals surface area contributed by atoms with Gasteiger partial charge >= 0.3 is 35.6 Å². The van der Waals surface area contributed by atoms with Crippen molar-refractivity contribution in [1.82, 2.24) is 0 Å². The molecule has 4 atom stereocenters. The van der Waals surface area contributed by atoms with Crippen molar-refractivity contribution in [2.24, 2.45) is 35.5 Å². The first kappa shape index (κ1) is 32.5. The monoisotopic (exact) mass is 616 g/mol. The van der Waals surface area contributed by atoms with E-state index in [9.17, 15) is 0 Å². The number of para-hydroxylation sites is 4. The molecule has 6 heteroatoms. The summed E-state index contributed by atoms with van der Waals surface area (Å²) in [5.74, 6) is 3.90. The molecule has 2 aromatic rings. The summed E-state index contributed by atoms with van der Waals surface area (Å²) in [4.78, 5) is 0. The number of halogens is 2. The second kappa shape index (κ2) is 13.3. The number of nitrogens with zero attached hydrogens (tertiary/aromatic N) is 2. The maximum absolute atomic E-state index is 5.06. The summed E-state index contributed by atoms with van der Waals surface area (Å²) in [6, 6.07) is 17.6. The van der Waals surface area contributed by atoms with E-state index in [2.05, 4.69) is 120 Å². The van der Waals surface area contributed by atoms with E-state index in [-0.39, 0.29) is 7.43 Å². The summed E-state index contributed by atoms with van der Waals surface area (Å²) in [5.41, 5.74) is 8.79. The molecule has 2 nitrogen and oxygen atoms in total. The molecule has 1 heterocycles. The topological polar surface area (TPSA) is 17.3 Å². The fourth-order valence-electron chi connectivity index (χ4n) is 7.44. The zero-order valence-corrected chi connectivity index (χ0v) is 29.2. The number of rotatable bonds is 5. The fourth-order valence-corrected chi connectivity index (χ4v) is 12.2. The van der Waals surface area contributed by atoms with Crippen LogP contribution in [-0.4, -0.2) is 8.24 Å². The first-order chi connectivity index (χ1) is 18.0. The van der Waals surface area contributed by atoms with Gasteiger partial charge in [-0.2, -0.15) is 0 Å². The van der Waals surface area contributed by atoms with Gasteiger partial charge in [0.05, 0.1) is 0 Å². The van der Waals surface area contributed by atoms with Gasteiger partial charge in [0, 0.05) is 11.4 Å². The minimum atomic E-state index is -2.03. The Kier molecular flexibility index (Phi) is 11.1. The van der Waals surface area contributed by atoms with E-state index in [1.807, 2.05) is 0 Å². The van der Waals surface area contributed by atoms with Gasteiger partial charge in [-0.15, -0.1) is 11.4 Å². The van der Waals surface area contributed by atoms with E-state index in [0.29, 0.717) is 35.1 Å². The summed E-state index contributed by atoms with van der Waals surface area (Å²) < 4.78 is 2.78. The van der Waals surface area contributed by atoms with Gasteiger partial charge in [0.15, 0.2) is 8.24 Å². The Balaban J connectivity index is 0.00000101. The molecule has 2 aromatic carbocycles. The molecule has 0 aromatic heterocycles. The molecule has 0 N–H and O–H groups in total. The SMILES string of the molecule is CC(C)C1=CC2C(CC(C(C)C)C2[Si](C)(C)N2c3ccccc3[N-]c3ccccc32)C(C(C)C)=C1.[CH3-].[Cl][Ti][Cl]. The van der Waals surface area contributed by atoms with Crippen molar-refractivity contribution in [3.05, 3.63) is 84.6 Å². The molecule has 39 heavy (non-hydrogen) atoms. The van der Waals surface area contributed by atoms with Gasteiger partial charge in [0.25, 0.3) is 0 Å². The van der Waals surface area contributed by atoms with Gasteiger partial charge in [-0.1, -0.05) is 109 Å². The molecule has 0 amide bonds. The van der Waals surface area contributed by atoms with Crippen LogP contribution in [0.3, 0.4) is 0 Å². The van der Waals surface area contributed by atoms with E-state index in [1.54, 1.807) is 11.1 Å². The van der Waals surface area contributed by atoms with Crippen molar-refractivity contribution in [1.29, 1.82) is 0 Å². The molecule has 1 saturated carbocycles. The van der Waals surface area contributed by atoms with E-state index in [0.717, 1.165) is 17.3 Å². The van der Waals surface area contributed by atoms with Crippen LogP contribution >= 0.6 is 18.6 Å². The average Bonchev–Trinajstić information content (AvgIpc) is 3.27. The van der Waals surface area contributed by atoms with Crippen LogP contribution in [0.2, 0.25) is 18.6 Å². The second-order valence-corrected chi connectivity index (χ2v) is 19.6. The first-order valence-electron chi connectivity index (χ1n) is 14.1. The summed E-state index contributed by atoms with van der Waals surface area (Å²) >= 11 is -0.556. The van der Waals surface area contributed by atoms with Gasteiger partial charge in [0.1, 0.15) is 0 Å². The quantitative estimate of drug-likeness (QED) is 0.241. The number of benzene rings is 2. The molecule has 2 aliphatic carbocycles. The number of anilines is 2. The molecule has 0 spiro atoms. The zero-order chi connectivity index (χ0) is 27.8. The normalized spacial score (nSPS) is 23.5. The van der Waals surface area contributed by atoms with E-state index in [1.165, 1.54) is 17.8 Å². The van der Waals surface area contributed by atoms with Crippen molar-refractivity contribution >= 4 is 49.6 Å². The van der Waals surface area contributed by atoms with Crippen LogP contribution in [0, 0.1) is 42.9 Å². The molecule has 0 saturated heterocycles. The predicted octanol–water partition coefficient (Wildman–Crippen LogP) is 12.0. The van der Waals surface area contributed by atoms with Gasteiger partial charge in [-0.25, -0.2) is 0 Å². The Bertz CT molecular complexity index is 1140. The fraction of sp³-hybridized carbons (Fsp3) is 0.485. The molecule has 4 unspecified atom stereocenters. The number of hydrogen-bond donors (Lipinski definition) is 0. The van der Waals surface area contributed by atoms with Gasteiger partial charge in [0.2, 0.25) is 0 Å². The van der Waals surface area contributed by atoms with Crippen LogP contribution in [0.25, 0.3) is 5.32 Å². The Morgan fingerprint density at radius 1 is 0.872 bits per heavy atom. The number of hydrogen-bond acceptors (Lipinski definition) is 1. The van der Waals surface area contributed by atoms with Crippen molar-refractivity contribution in [2.75, 3.05) is 4.57 Å². The summed E-state index contributed by atoms with van der Waals surface area (Å²) in [7, 11) is 7.74. The van der Waals surface area contributed by atoms with Crippen LogP contribution in [0.15, 0.2) is 71.8 Å². The van der Waals surface area contributed by atoms with Crippen LogP contribution in [0.5, 0.6) is 0 Å². The molecular formula is C33H46Cl2N2SiTi-2. The van der Waals surface area contributed by atoms with Crippen molar-refractivity contribution in [3.63, 3.8) is 0 Å². The van der Waals surface area contributed by atoms with Crippen molar-refractivity contribution in [2.45, 2.75) is 66.6 Å². The molecule has 1 aliphatic heterocycles. The molecule has 212 valence electrons. The first-order valence-corrected chi connectivity index (χ1v) is 21.4. The van der Waals surface area contributed by atoms with Crippen LogP contribution < -0.4 is 4.57 Å². The third-order valence-electron chi connectivity index (χ3n) is 9.08. The molecule has 1 fully saturated rings. The number of allylic oxidation sites excluding steroid dienone is 4. The van der Waals surface area contributed by atoms with E-state index < -0.39 is 25.3 Å². The van der Waals surface area contributed by atoms with Crippen molar-refractivity contribution < 1.29 is 17.0 Å². The van der Waals surface area contributed by atoms with Crippen LogP contribution in [-0.2, 0) is 17.0 Å². The summed E-state index contributed by atoms with van der Waals surface area (Å²) in [6.07, 6.45) is 6.63. The Morgan fingerprint density at radius 3 is 1.85 bits per heavy atom. The molecule has 0 radical (unpaired) electrons. The van der Waals surface area contributed by atoms with Crippen LogP contribution in [0.1, 0.15) is 48.0 Å². The zero-order valence-electron chi connectivity index (χ0n) is 25.2. The standard InChI is InChI=1S/C32H43N2Si.CH3.2ClH.Ti/c1-20(2)23-17-24(21(3)4)26-19-25(22(5)6)32(27(26)18-23)35(7,8)34-30-15-11-9-13-28(30)33-29-14-10-12-16-31(29)34;;;;/h9-18,20-22,25-27,32H,19H2,1-8H3;1H3;2*1H;/q2*-1;;;+2/p-2. The predicted molar refractivity (Wildman–Crippen MR) is 173 cm³/mol. The van der Waals surface area contributed by atoms with Crippen molar-refractivity contribution in [3.8, 4) is 0 Å². The van der Waals surface area contributed by atoms with Gasteiger partial charge in [-0.05, 0) is 65.2 Å². The second-order valence-electron chi connectivity index (χ2n) is 12.6. The summed E-state index contributed by atoms with van der Waals surface area (Å²) in [5, 5.41) is 5.06. The Morgan fingerprint density at radius 2 is 1.38 bits per heavy atom. The molecule has 5 rings (SSSR count). The maximum atomic E-state index is 5.06. The third kappa shape index (κ3) is 6.29. The Labute approximate surface area is 256 Å². The minimum absolute atomic E-state index is 0. The van der Waals surface area contributed by atoms with Gasteiger partial charge in [-0.3, -0.25) is 0 Å². The van der Waals surface area contributed by atoms with E-state index in [4.69, 9.17) is 23.9 Å². The molecular weight excluding hydrogens is 571 g/mol. The average molecular weight is 618 g/mol. The van der Waals surface area contributed by atoms with E-state index >= 15 is 0 Å².